The minimum Gasteiger partial charge on any atom is -0.268 e. The number of rotatable bonds is 2. The van der Waals surface area contributed by atoms with E-state index in [0.29, 0.717) is 0 Å². The summed E-state index contributed by atoms with van der Waals surface area (Å²) in [4.78, 5) is 36.2. The lowest BCUT2D eigenvalue weighted by Gasteiger charge is -2.07. The molecule has 12 rings (SSSR count). The number of imidazole rings is 2. The number of hydrogen-bond donors (Lipinski definition) is 0. The Labute approximate surface area is 307 Å². The molecule has 252 valence electrons. The third-order valence-corrected chi connectivity index (χ3v) is 10.7. The third-order valence-electron chi connectivity index (χ3n) is 10.7. The van der Waals surface area contributed by atoms with Crippen molar-refractivity contribution < 1.29 is 0 Å². The molecule has 0 amide bonds. The van der Waals surface area contributed by atoms with Gasteiger partial charge in [0.15, 0.2) is 0 Å². The molecule has 0 fully saturated rings. The van der Waals surface area contributed by atoms with Crippen LogP contribution in [0, 0.1) is 0 Å². The van der Waals surface area contributed by atoms with Gasteiger partial charge >= 0.3 is 0 Å². The van der Waals surface area contributed by atoms with Crippen LogP contribution in [0.25, 0.3) is 98.7 Å². The van der Waals surface area contributed by atoms with Crippen LogP contribution in [0.2, 0.25) is 0 Å². The normalized spacial score (nSPS) is 11.9. The van der Waals surface area contributed by atoms with Crippen LogP contribution < -0.4 is 11.1 Å². The molecular formula is C48H28N4O2. The standard InChI is InChI=1S/2C24H14N2O/c27-24-19-11-5-9-16-8-4-10-18(22(16)19)23-25-20-14-17(12-13-21(20)26(23)24)15-6-2-1-3-7-15;27-24-19-11-5-9-16-8-4-10-18(22(16)19)23-25-20-13-12-17(14-21(20)26(23)24)15-6-2-1-3-7-15/h2*1-14H. The van der Waals surface area contributed by atoms with Crippen LogP contribution >= 0.6 is 0 Å². The smallest absolute Gasteiger partial charge is 0.264 e. The van der Waals surface area contributed by atoms with E-state index in [-0.39, 0.29) is 11.1 Å². The lowest BCUT2D eigenvalue weighted by Crippen LogP contribution is -2.13. The molecule has 0 unspecified atom stereocenters. The molecule has 4 aromatic heterocycles. The molecular weight excluding hydrogens is 665 g/mol. The molecule has 0 radical (unpaired) electrons. The SMILES string of the molecule is O=c1c2cccc3cccc(c32)c2nc3cc(-c4ccccc4)ccc3n12.O=c1c2cccc3cccc(c32)c2nc3ccc(-c4ccccc4)cc3n12. The summed E-state index contributed by atoms with van der Waals surface area (Å²) in [5.41, 5.74) is 9.25. The summed E-state index contributed by atoms with van der Waals surface area (Å²) in [5, 5.41) is 7.64. The molecule has 0 aliphatic carbocycles. The van der Waals surface area contributed by atoms with Gasteiger partial charge in [0.1, 0.15) is 11.3 Å². The fraction of sp³-hybridized carbons (Fsp3) is 0. The summed E-state index contributed by atoms with van der Waals surface area (Å²) < 4.78 is 3.51. The Morgan fingerprint density at radius 2 is 0.815 bits per heavy atom. The Bertz CT molecular complexity index is 3480. The van der Waals surface area contributed by atoms with Crippen LogP contribution in [0.15, 0.2) is 179 Å². The Hall–Kier alpha value is -7.44. The van der Waals surface area contributed by atoms with Gasteiger partial charge in [0.2, 0.25) is 0 Å². The van der Waals surface area contributed by atoms with Crippen molar-refractivity contribution in [3.05, 3.63) is 191 Å². The first-order valence-corrected chi connectivity index (χ1v) is 17.9. The predicted molar refractivity (Wildman–Crippen MR) is 221 cm³/mol. The Balaban J connectivity index is 0.000000126. The van der Waals surface area contributed by atoms with E-state index in [2.05, 4.69) is 48.5 Å². The van der Waals surface area contributed by atoms with E-state index in [1.165, 1.54) is 0 Å². The highest BCUT2D eigenvalue weighted by atomic mass is 16.1. The lowest BCUT2D eigenvalue weighted by atomic mass is 10.0. The molecule has 8 aromatic carbocycles. The van der Waals surface area contributed by atoms with Gasteiger partial charge in [-0.1, -0.05) is 133 Å². The second kappa shape index (κ2) is 11.5. The molecule has 54 heavy (non-hydrogen) atoms. The molecule has 12 aromatic rings. The van der Waals surface area contributed by atoms with E-state index in [4.69, 9.17) is 9.97 Å². The minimum atomic E-state index is -0.0120. The van der Waals surface area contributed by atoms with Gasteiger partial charge in [-0.25, -0.2) is 9.97 Å². The third kappa shape index (κ3) is 4.40. The number of fused-ring (bicyclic) bond motifs is 8. The first-order chi connectivity index (χ1) is 26.6. The minimum absolute atomic E-state index is 0.00994. The summed E-state index contributed by atoms with van der Waals surface area (Å²) in [6.07, 6.45) is 0. The monoisotopic (exact) mass is 692 g/mol. The first-order valence-electron chi connectivity index (χ1n) is 17.9. The average Bonchev–Trinajstić information content (AvgIpc) is 3.82. The zero-order valence-electron chi connectivity index (χ0n) is 28.8. The van der Waals surface area contributed by atoms with Gasteiger partial charge in [0.05, 0.1) is 22.1 Å². The molecule has 4 heterocycles. The van der Waals surface area contributed by atoms with E-state index < -0.39 is 0 Å². The second-order valence-electron chi connectivity index (χ2n) is 13.7. The number of benzene rings is 8. The largest absolute Gasteiger partial charge is 0.268 e. The van der Waals surface area contributed by atoms with Gasteiger partial charge in [-0.05, 0) is 69.4 Å². The summed E-state index contributed by atoms with van der Waals surface area (Å²) in [7, 11) is 0. The first kappa shape index (κ1) is 30.2. The number of nitrogens with zero attached hydrogens (tertiary/aromatic N) is 4. The molecule has 0 saturated heterocycles. The van der Waals surface area contributed by atoms with Gasteiger partial charge < -0.3 is 0 Å². The van der Waals surface area contributed by atoms with Crippen molar-refractivity contribution in [2.45, 2.75) is 0 Å². The molecule has 0 atom stereocenters. The van der Waals surface area contributed by atoms with Crippen molar-refractivity contribution in [1.29, 1.82) is 0 Å². The van der Waals surface area contributed by atoms with E-state index in [1.807, 2.05) is 121 Å². The second-order valence-corrected chi connectivity index (χ2v) is 13.7. The average molecular weight is 693 g/mol. The van der Waals surface area contributed by atoms with Crippen molar-refractivity contribution in [2.75, 3.05) is 0 Å². The van der Waals surface area contributed by atoms with Crippen molar-refractivity contribution in [3.8, 4) is 22.3 Å². The summed E-state index contributed by atoms with van der Waals surface area (Å²) in [6, 6.07) is 56.7. The van der Waals surface area contributed by atoms with Crippen LogP contribution in [0.5, 0.6) is 0 Å². The Morgan fingerprint density at radius 3 is 1.37 bits per heavy atom. The molecule has 0 aliphatic rings. The fourth-order valence-electron chi connectivity index (χ4n) is 8.20. The van der Waals surface area contributed by atoms with Crippen molar-refractivity contribution >= 4 is 76.5 Å². The van der Waals surface area contributed by atoms with Crippen molar-refractivity contribution in [2.24, 2.45) is 0 Å². The molecule has 0 aliphatic heterocycles. The van der Waals surface area contributed by atoms with Crippen LogP contribution in [0.3, 0.4) is 0 Å². The summed E-state index contributed by atoms with van der Waals surface area (Å²) in [5.74, 6) is 0. The maximum absolute atomic E-state index is 13.3. The quantitative estimate of drug-likeness (QED) is 0.181. The van der Waals surface area contributed by atoms with Gasteiger partial charge in [0, 0.05) is 32.3 Å². The molecule has 0 N–H and O–H groups in total. The van der Waals surface area contributed by atoms with Gasteiger partial charge in [-0.3, -0.25) is 18.4 Å². The summed E-state index contributed by atoms with van der Waals surface area (Å²) >= 11 is 0. The van der Waals surface area contributed by atoms with Crippen LogP contribution in [-0.2, 0) is 0 Å². The van der Waals surface area contributed by atoms with Gasteiger partial charge in [0.25, 0.3) is 11.1 Å². The van der Waals surface area contributed by atoms with Crippen molar-refractivity contribution in [3.63, 3.8) is 0 Å². The Morgan fingerprint density at radius 1 is 0.352 bits per heavy atom. The van der Waals surface area contributed by atoms with E-state index >= 15 is 0 Å². The van der Waals surface area contributed by atoms with E-state index in [1.54, 1.807) is 8.80 Å². The van der Waals surface area contributed by atoms with Gasteiger partial charge in [-0.15, -0.1) is 0 Å². The van der Waals surface area contributed by atoms with Crippen LogP contribution in [0.1, 0.15) is 0 Å². The molecule has 0 saturated carbocycles. The van der Waals surface area contributed by atoms with Crippen molar-refractivity contribution in [1.82, 2.24) is 18.8 Å². The fourth-order valence-corrected chi connectivity index (χ4v) is 8.20. The highest BCUT2D eigenvalue weighted by Crippen LogP contribution is 2.33. The van der Waals surface area contributed by atoms with E-state index in [0.717, 1.165) is 98.7 Å². The highest BCUT2D eigenvalue weighted by molar-refractivity contribution is 6.16. The zero-order valence-corrected chi connectivity index (χ0v) is 28.8. The number of hydrogen-bond acceptors (Lipinski definition) is 4. The highest BCUT2D eigenvalue weighted by Gasteiger charge is 2.18. The molecule has 0 bridgehead atoms. The topological polar surface area (TPSA) is 68.7 Å². The predicted octanol–water partition coefficient (Wildman–Crippen LogP) is 10.5. The molecule has 0 spiro atoms. The number of pyridine rings is 2. The zero-order chi connectivity index (χ0) is 35.9. The van der Waals surface area contributed by atoms with Crippen LogP contribution in [-0.4, -0.2) is 18.8 Å². The molecule has 6 heteroatoms. The van der Waals surface area contributed by atoms with Crippen LogP contribution in [0.4, 0.5) is 0 Å². The maximum Gasteiger partial charge on any atom is 0.264 e. The summed E-state index contributed by atoms with van der Waals surface area (Å²) in [6.45, 7) is 0. The van der Waals surface area contributed by atoms with Gasteiger partial charge in [-0.2, -0.15) is 0 Å². The lowest BCUT2D eigenvalue weighted by molar-refractivity contribution is 1.19. The maximum atomic E-state index is 13.3. The van der Waals surface area contributed by atoms with E-state index in [9.17, 15) is 9.59 Å². The molecule has 6 nitrogen and oxygen atoms in total. The Kier molecular flexibility index (Phi) is 6.45. The number of aromatic nitrogens is 4.